The third-order valence-electron chi connectivity index (χ3n) is 4.31. The monoisotopic (exact) mass is 490 g/mol. The molecule has 2 aromatic rings. The highest BCUT2D eigenvalue weighted by atomic mass is 79.9. The predicted molar refractivity (Wildman–Crippen MR) is 111 cm³/mol. The minimum absolute atomic E-state index is 0.0628. The fourth-order valence-electron chi connectivity index (χ4n) is 2.87. The molecule has 1 amide bonds. The topological polar surface area (TPSA) is 66.5 Å². The molecule has 1 saturated heterocycles. The van der Waals surface area contributed by atoms with E-state index in [0.717, 1.165) is 19.3 Å². The molecule has 1 heterocycles. The molecule has 2 aromatic carbocycles. The predicted octanol–water partition coefficient (Wildman–Crippen LogP) is 5.18. The molecule has 0 saturated carbocycles. The van der Waals surface area contributed by atoms with Gasteiger partial charge in [-0.05, 0) is 65.2 Å². The van der Waals surface area contributed by atoms with Gasteiger partial charge in [-0.25, -0.2) is 8.42 Å². The van der Waals surface area contributed by atoms with Gasteiger partial charge in [0.05, 0.1) is 20.5 Å². The summed E-state index contributed by atoms with van der Waals surface area (Å²) in [6.07, 6.45) is 2.70. The summed E-state index contributed by atoms with van der Waals surface area (Å²) in [7, 11) is -3.65. The summed E-state index contributed by atoms with van der Waals surface area (Å²) >= 11 is 15.5. The van der Waals surface area contributed by atoms with Gasteiger partial charge >= 0.3 is 0 Å². The zero-order chi connectivity index (χ0) is 19.6. The van der Waals surface area contributed by atoms with Crippen LogP contribution in [-0.4, -0.2) is 31.7 Å². The lowest BCUT2D eigenvalue weighted by atomic mass is 10.2. The molecule has 5 nitrogen and oxygen atoms in total. The highest BCUT2D eigenvalue weighted by Crippen LogP contribution is 2.28. The summed E-state index contributed by atoms with van der Waals surface area (Å²) < 4.78 is 27.8. The van der Waals surface area contributed by atoms with Gasteiger partial charge < -0.3 is 5.32 Å². The Labute approximate surface area is 176 Å². The molecule has 1 aliphatic rings. The van der Waals surface area contributed by atoms with Crippen LogP contribution >= 0.6 is 39.1 Å². The highest BCUT2D eigenvalue weighted by Gasteiger charge is 2.27. The van der Waals surface area contributed by atoms with E-state index in [-0.39, 0.29) is 15.5 Å². The van der Waals surface area contributed by atoms with E-state index < -0.39 is 15.9 Å². The van der Waals surface area contributed by atoms with Crippen LogP contribution in [0.15, 0.2) is 45.8 Å². The van der Waals surface area contributed by atoms with Gasteiger partial charge in [-0.15, -0.1) is 0 Å². The van der Waals surface area contributed by atoms with E-state index in [1.54, 1.807) is 18.2 Å². The number of anilines is 1. The van der Waals surface area contributed by atoms with Crippen molar-refractivity contribution in [2.45, 2.75) is 24.2 Å². The molecule has 1 aliphatic heterocycles. The van der Waals surface area contributed by atoms with Crippen LogP contribution in [0.4, 0.5) is 5.69 Å². The van der Waals surface area contributed by atoms with Crippen molar-refractivity contribution >= 4 is 60.7 Å². The first kappa shape index (κ1) is 20.6. The van der Waals surface area contributed by atoms with Crippen molar-refractivity contribution in [2.75, 3.05) is 18.4 Å². The van der Waals surface area contributed by atoms with Gasteiger partial charge in [0.25, 0.3) is 5.91 Å². The number of amides is 1. The van der Waals surface area contributed by atoms with Gasteiger partial charge in [0.15, 0.2) is 0 Å². The van der Waals surface area contributed by atoms with E-state index >= 15 is 0 Å². The highest BCUT2D eigenvalue weighted by molar-refractivity contribution is 9.10. The average Bonchev–Trinajstić information content (AvgIpc) is 2.65. The molecule has 0 radical (unpaired) electrons. The lowest BCUT2D eigenvalue weighted by molar-refractivity contribution is 0.102. The van der Waals surface area contributed by atoms with Crippen molar-refractivity contribution in [2.24, 2.45) is 0 Å². The molecule has 0 unspecified atom stereocenters. The van der Waals surface area contributed by atoms with Gasteiger partial charge in [-0.3, -0.25) is 4.79 Å². The molecule has 144 valence electrons. The minimum Gasteiger partial charge on any atom is -0.322 e. The van der Waals surface area contributed by atoms with E-state index in [1.165, 1.54) is 22.5 Å². The van der Waals surface area contributed by atoms with Crippen LogP contribution in [0.2, 0.25) is 10.0 Å². The molecule has 0 atom stereocenters. The fraction of sp³-hybridized carbons (Fsp3) is 0.278. The zero-order valence-corrected chi connectivity index (χ0v) is 18.1. The van der Waals surface area contributed by atoms with Crippen LogP contribution in [0.25, 0.3) is 0 Å². The van der Waals surface area contributed by atoms with Gasteiger partial charge in [-0.1, -0.05) is 29.6 Å². The van der Waals surface area contributed by atoms with Crippen molar-refractivity contribution in [3.8, 4) is 0 Å². The Balaban J connectivity index is 1.88. The first-order valence-corrected chi connectivity index (χ1v) is 11.3. The smallest absolute Gasteiger partial charge is 0.257 e. The van der Waals surface area contributed by atoms with E-state index in [4.69, 9.17) is 23.2 Å². The zero-order valence-electron chi connectivity index (χ0n) is 14.2. The van der Waals surface area contributed by atoms with Crippen LogP contribution in [0.5, 0.6) is 0 Å². The Morgan fingerprint density at radius 3 is 2.37 bits per heavy atom. The van der Waals surface area contributed by atoms with Gasteiger partial charge in [0, 0.05) is 23.2 Å². The van der Waals surface area contributed by atoms with Crippen molar-refractivity contribution in [3.63, 3.8) is 0 Å². The minimum atomic E-state index is -3.65. The summed E-state index contributed by atoms with van der Waals surface area (Å²) in [5.74, 6) is -0.505. The van der Waals surface area contributed by atoms with Crippen LogP contribution in [0.1, 0.15) is 29.6 Å². The number of sulfonamides is 1. The second-order valence-corrected chi connectivity index (χ2v) is 9.80. The molecule has 0 bridgehead atoms. The normalized spacial score (nSPS) is 15.5. The van der Waals surface area contributed by atoms with E-state index in [9.17, 15) is 13.2 Å². The maximum atomic E-state index is 12.8. The Morgan fingerprint density at radius 1 is 1.00 bits per heavy atom. The Morgan fingerprint density at radius 2 is 1.70 bits per heavy atom. The number of rotatable bonds is 4. The Hall–Kier alpha value is -1.12. The molecule has 0 aromatic heterocycles. The molecule has 0 aliphatic carbocycles. The van der Waals surface area contributed by atoms with E-state index in [0.29, 0.717) is 28.3 Å². The van der Waals surface area contributed by atoms with E-state index in [2.05, 4.69) is 21.2 Å². The number of hydrogen-bond acceptors (Lipinski definition) is 3. The molecule has 1 fully saturated rings. The van der Waals surface area contributed by atoms with Gasteiger partial charge in [-0.2, -0.15) is 4.31 Å². The third kappa shape index (κ3) is 4.66. The van der Waals surface area contributed by atoms with Crippen molar-refractivity contribution in [1.82, 2.24) is 4.31 Å². The molecule has 9 heteroatoms. The maximum absolute atomic E-state index is 12.8. The summed E-state index contributed by atoms with van der Waals surface area (Å²) in [5, 5.41) is 3.31. The van der Waals surface area contributed by atoms with Crippen LogP contribution in [0, 0.1) is 0 Å². The van der Waals surface area contributed by atoms with Crippen LogP contribution in [-0.2, 0) is 10.0 Å². The first-order valence-electron chi connectivity index (χ1n) is 8.35. The van der Waals surface area contributed by atoms with Crippen molar-refractivity contribution in [1.29, 1.82) is 0 Å². The number of carbonyl (C=O) groups excluding carboxylic acids is 1. The SMILES string of the molecule is O=C(Nc1ccc(Br)c(Cl)c1)c1cc(S(=O)(=O)N2CCCCC2)ccc1Cl. The Kier molecular flexibility index (Phi) is 6.48. The van der Waals surface area contributed by atoms with E-state index in [1.807, 2.05) is 0 Å². The number of benzene rings is 2. The molecule has 27 heavy (non-hydrogen) atoms. The summed E-state index contributed by atoms with van der Waals surface area (Å²) in [6.45, 7) is 0.980. The Bertz CT molecular complexity index is 977. The number of halogens is 3. The lowest BCUT2D eigenvalue weighted by Gasteiger charge is -2.26. The molecule has 0 spiro atoms. The quantitative estimate of drug-likeness (QED) is 0.640. The number of piperidine rings is 1. The van der Waals surface area contributed by atoms with Crippen LogP contribution < -0.4 is 5.32 Å². The standard InChI is InChI=1S/C18H17BrCl2N2O3S/c19-15-6-4-12(10-17(15)21)22-18(24)14-11-13(5-7-16(14)20)27(25,26)23-8-2-1-3-9-23/h4-7,10-11H,1-3,8-9H2,(H,22,24). The summed E-state index contributed by atoms with van der Waals surface area (Å²) in [6, 6.07) is 9.15. The molecule has 1 N–H and O–H groups in total. The largest absolute Gasteiger partial charge is 0.322 e. The number of carbonyl (C=O) groups is 1. The number of nitrogens with zero attached hydrogens (tertiary/aromatic N) is 1. The average molecular weight is 492 g/mol. The van der Waals surface area contributed by atoms with Gasteiger partial charge in [0.2, 0.25) is 10.0 Å². The number of nitrogens with one attached hydrogen (secondary N) is 1. The second-order valence-electron chi connectivity index (χ2n) is 6.19. The van der Waals surface area contributed by atoms with Crippen molar-refractivity contribution in [3.05, 3.63) is 56.5 Å². The number of hydrogen-bond donors (Lipinski definition) is 1. The maximum Gasteiger partial charge on any atom is 0.257 e. The van der Waals surface area contributed by atoms with Crippen molar-refractivity contribution < 1.29 is 13.2 Å². The third-order valence-corrected chi connectivity index (χ3v) is 7.77. The lowest BCUT2D eigenvalue weighted by Crippen LogP contribution is -2.35. The summed E-state index contributed by atoms with van der Waals surface area (Å²) in [5.41, 5.74) is 0.572. The summed E-state index contributed by atoms with van der Waals surface area (Å²) in [4.78, 5) is 12.7. The second kappa shape index (κ2) is 8.49. The fourth-order valence-corrected chi connectivity index (χ4v) is 5.04. The van der Waals surface area contributed by atoms with Crippen LogP contribution in [0.3, 0.4) is 0 Å². The molecular formula is C18H17BrCl2N2O3S. The molecular weight excluding hydrogens is 475 g/mol. The van der Waals surface area contributed by atoms with Gasteiger partial charge in [0.1, 0.15) is 0 Å². The molecule has 3 rings (SSSR count). The first-order chi connectivity index (χ1) is 12.8.